The van der Waals surface area contributed by atoms with Crippen LogP contribution in [0.2, 0.25) is 0 Å². The zero-order valence-electron chi connectivity index (χ0n) is 10.9. The number of hydrogen-bond acceptors (Lipinski definition) is 3. The number of benzene rings is 1. The van der Waals surface area contributed by atoms with E-state index in [0.29, 0.717) is 6.42 Å². The minimum atomic E-state index is 0.0215. The molecular formula is C14H14Br2N2OS. The van der Waals surface area contributed by atoms with Gasteiger partial charge in [-0.05, 0) is 56.1 Å². The molecule has 1 heterocycles. The van der Waals surface area contributed by atoms with E-state index in [4.69, 9.17) is 0 Å². The maximum Gasteiger partial charge on any atom is 0.224 e. The van der Waals surface area contributed by atoms with Crippen LogP contribution in [0.3, 0.4) is 0 Å². The Kier molecular flexibility index (Phi) is 5.63. The summed E-state index contributed by atoms with van der Waals surface area (Å²) in [5.74, 6) is 0.0215. The molecule has 106 valence electrons. The molecule has 0 saturated heterocycles. The third-order valence-corrected chi connectivity index (χ3v) is 5.89. The van der Waals surface area contributed by atoms with E-state index in [0.717, 1.165) is 26.2 Å². The van der Waals surface area contributed by atoms with E-state index in [1.165, 1.54) is 4.88 Å². The van der Waals surface area contributed by atoms with Crippen molar-refractivity contribution < 1.29 is 4.79 Å². The van der Waals surface area contributed by atoms with E-state index in [1.54, 1.807) is 11.3 Å². The molecule has 0 aliphatic rings. The summed E-state index contributed by atoms with van der Waals surface area (Å²) in [6.45, 7) is 2.59. The summed E-state index contributed by atoms with van der Waals surface area (Å²) < 4.78 is 2.17. The molecule has 0 bridgehead atoms. The normalized spacial score (nSPS) is 10.3. The van der Waals surface area contributed by atoms with Gasteiger partial charge in [0, 0.05) is 33.7 Å². The first kappa shape index (κ1) is 15.5. The molecule has 20 heavy (non-hydrogen) atoms. The van der Waals surface area contributed by atoms with Crippen LogP contribution in [0.25, 0.3) is 0 Å². The standard InChI is InChI=1S/C14H14Br2N2OS/c1-2-13(19)18-10-5-3-4-9(6-10)17-8-11-7-12(15)14(16)20-11/h3-7,17H,2,8H2,1H3,(H,18,19). The minimum Gasteiger partial charge on any atom is -0.380 e. The lowest BCUT2D eigenvalue weighted by Gasteiger charge is -2.08. The highest BCUT2D eigenvalue weighted by molar-refractivity contribution is 9.13. The molecular weight excluding hydrogens is 404 g/mol. The highest BCUT2D eigenvalue weighted by atomic mass is 79.9. The molecule has 1 aromatic carbocycles. The molecule has 2 aromatic rings. The van der Waals surface area contributed by atoms with Gasteiger partial charge in [0.15, 0.2) is 0 Å². The second kappa shape index (κ2) is 7.24. The van der Waals surface area contributed by atoms with E-state index >= 15 is 0 Å². The Labute approximate surface area is 139 Å². The van der Waals surface area contributed by atoms with Gasteiger partial charge < -0.3 is 10.6 Å². The highest BCUT2D eigenvalue weighted by Gasteiger charge is 2.04. The monoisotopic (exact) mass is 416 g/mol. The average molecular weight is 418 g/mol. The quantitative estimate of drug-likeness (QED) is 0.698. The lowest BCUT2D eigenvalue weighted by atomic mass is 10.2. The summed E-state index contributed by atoms with van der Waals surface area (Å²) >= 11 is 8.65. The number of carbonyl (C=O) groups excluding carboxylic acids is 1. The van der Waals surface area contributed by atoms with Gasteiger partial charge in [-0.1, -0.05) is 13.0 Å². The zero-order chi connectivity index (χ0) is 14.5. The maximum atomic E-state index is 11.4. The molecule has 6 heteroatoms. The van der Waals surface area contributed by atoms with E-state index in [-0.39, 0.29) is 5.91 Å². The van der Waals surface area contributed by atoms with Crippen LogP contribution in [0.15, 0.2) is 38.6 Å². The summed E-state index contributed by atoms with van der Waals surface area (Å²) in [7, 11) is 0. The van der Waals surface area contributed by atoms with E-state index in [1.807, 2.05) is 31.2 Å². The first-order chi connectivity index (χ1) is 9.58. The highest BCUT2D eigenvalue weighted by Crippen LogP contribution is 2.32. The fraction of sp³-hybridized carbons (Fsp3) is 0.214. The van der Waals surface area contributed by atoms with Crippen molar-refractivity contribution in [3.05, 3.63) is 43.5 Å². The summed E-state index contributed by atoms with van der Waals surface area (Å²) in [5, 5.41) is 6.20. The lowest BCUT2D eigenvalue weighted by Crippen LogP contribution is -2.09. The van der Waals surface area contributed by atoms with Crippen molar-refractivity contribution in [1.29, 1.82) is 0 Å². The molecule has 0 spiro atoms. The number of nitrogens with one attached hydrogen (secondary N) is 2. The van der Waals surface area contributed by atoms with Crippen LogP contribution in [-0.4, -0.2) is 5.91 Å². The SMILES string of the molecule is CCC(=O)Nc1cccc(NCc2cc(Br)c(Br)s2)c1. The molecule has 2 N–H and O–H groups in total. The lowest BCUT2D eigenvalue weighted by molar-refractivity contribution is -0.115. The maximum absolute atomic E-state index is 11.4. The molecule has 0 unspecified atom stereocenters. The largest absolute Gasteiger partial charge is 0.380 e. The van der Waals surface area contributed by atoms with Crippen molar-refractivity contribution in [3.8, 4) is 0 Å². The van der Waals surface area contributed by atoms with Gasteiger partial charge in [-0.2, -0.15) is 0 Å². The number of hydrogen-bond donors (Lipinski definition) is 2. The fourth-order valence-electron chi connectivity index (χ4n) is 1.62. The van der Waals surface area contributed by atoms with Gasteiger partial charge in [0.1, 0.15) is 0 Å². The summed E-state index contributed by atoms with van der Waals surface area (Å²) in [6.07, 6.45) is 0.481. The van der Waals surface area contributed by atoms with Gasteiger partial charge in [0.2, 0.25) is 5.91 Å². The Balaban J connectivity index is 1.99. The predicted octanol–water partition coefficient (Wildman–Crippen LogP) is 5.23. The Hall–Kier alpha value is -0.850. The van der Waals surface area contributed by atoms with Crippen LogP contribution < -0.4 is 10.6 Å². The second-order valence-electron chi connectivity index (χ2n) is 4.17. The summed E-state index contributed by atoms with van der Waals surface area (Å²) in [5.41, 5.74) is 1.80. The molecule has 0 aliphatic carbocycles. The van der Waals surface area contributed by atoms with E-state index < -0.39 is 0 Å². The number of amides is 1. The van der Waals surface area contributed by atoms with Crippen molar-refractivity contribution in [3.63, 3.8) is 0 Å². The van der Waals surface area contributed by atoms with Crippen LogP contribution in [0, 0.1) is 0 Å². The number of carbonyl (C=O) groups is 1. The predicted molar refractivity (Wildman–Crippen MR) is 92.4 cm³/mol. The molecule has 3 nitrogen and oxygen atoms in total. The van der Waals surface area contributed by atoms with Crippen molar-refractivity contribution in [2.24, 2.45) is 0 Å². The summed E-state index contributed by atoms with van der Waals surface area (Å²) in [4.78, 5) is 12.6. The van der Waals surface area contributed by atoms with Crippen molar-refractivity contribution in [1.82, 2.24) is 0 Å². The minimum absolute atomic E-state index is 0.0215. The molecule has 1 amide bonds. The Morgan fingerprint density at radius 1 is 1.25 bits per heavy atom. The van der Waals surface area contributed by atoms with E-state index in [9.17, 15) is 4.79 Å². The topological polar surface area (TPSA) is 41.1 Å². The first-order valence-corrected chi connectivity index (χ1v) is 8.56. The second-order valence-corrected chi connectivity index (χ2v) is 7.48. The van der Waals surface area contributed by atoms with Crippen LogP contribution in [0.4, 0.5) is 11.4 Å². The third-order valence-electron chi connectivity index (χ3n) is 2.63. The van der Waals surface area contributed by atoms with Gasteiger partial charge in [0.25, 0.3) is 0 Å². The smallest absolute Gasteiger partial charge is 0.224 e. The van der Waals surface area contributed by atoms with Crippen molar-refractivity contribution in [2.45, 2.75) is 19.9 Å². The molecule has 0 fully saturated rings. The average Bonchev–Trinajstić information content (AvgIpc) is 2.76. The van der Waals surface area contributed by atoms with Gasteiger partial charge in [-0.3, -0.25) is 4.79 Å². The summed E-state index contributed by atoms with van der Waals surface area (Å²) in [6, 6.07) is 9.82. The van der Waals surface area contributed by atoms with Crippen LogP contribution in [0.1, 0.15) is 18.2 Å². The molecule has 2 rings (SSSR count). The van der Waals surface area contributed by atoms with Gasteiger partial charge in [-0.25, -0.2) is 0 Å². The number of halogens is 2. The number of anilines is 2. The Morgan fingerprint density at radius 2 is 2.00 bits per heavy atom. The van der Waals surface area contributed by atoms with Gasteiger partial charge in [0.05, 0.1) is 3.79 Å². The molecule has 0 atom stereocenters. The van der Waals surface area contributed by atoms with Crippen LogP contribution in [0.5, 0.6) is 0 Å². The zero-order valence-corrected chi connectivity index (χ0v) is 14.9. The van der Waals surface area contributed by atoms with Crippen molar-refractivity contribution in [2.75, 3.05) is 10.6 Å². The number of thiophene rings is 1. The number of rotatable bonds is 5. The Morgan fingerprint density at radius 3 is 2.65 bits per heavy atom. The van der Waals surface area contributed by atoms with E-state index in [2.05, 4.69) is 48.6 Å². The fourth-order valence-corrected chi connectivity index (χ4v) is 3.74. The van der Waals surface area contributed by atoms with Gasteiger partial charge >= 0.3 is 0 Å². The Bertz CT molecular complexity index is 593. The first-order valence-electron chi connectivity index (χ1n) is 6.16. The molecule has 0 radical (unpaired) electrons. The molecule has 1 aromatic heterocycles. The molecule has 0 aliphatic heterocycles. The van der Waals surface area contributed by atoms with Gasteiger partial charge in [-0.15, -0.1) is 11.3 Å². The van der Waals surface area contributed by atoms with Crippen LogP contribution >= 0.6 is 43.2 Å². The molecule has 0 saturated carbocycles. The van der Waals surface area contributed by atoms with Crippen molar-refractivity contribution >= 4 is 60.5 Å². The third kappa shape index (κ3) is 4.33. The van der Waals surface area contributed by atoms with Crippen LogP contribution in [-0.2, 0) is 11.3 Å².